The van der Waals surface area contributed by atoms with E-state index in [1.165, 1.54) is 6.20 Å². The molecular weight excluding hydrogens is 219 g/mol. The first kappa shape index (κ1) is 12.9. The quantitative estimate of drug-likeness (QED) is 0.622. The zero-order chi connectivity index (χ0) is 12.3. The number of hydrogen-bond donors (Lipinski definition) is 2. The molecule has 1 aromatic rings. The van der Waals surface area contributed by atoms with Crippen LogP contribution in [0.5, 0.6) is 0 Å². The highest BCUT2D eigenvalue weighted by molar-refractivity contribution is 5.29. The van der Waals surface area contributed by atoms with Gasteiger partial charge >= 0.3 is 6.18 Å². The molecule has 3 N–H and O–H groups in total. The second-order valence-corrected chi connectivity index (χ2v) is 3.85. The fraction of sp³-hybridized carbons (Fsp3) is 0.500. The largest absolute Gasteiger partial charge is 0.416 e. The van der Waals surface area contributed by atoms with Crippen molar-refractivity contribution in [2.45, 2.75) is 26.1 Å². The fourth-order valence-corrected chi connectivity index (χ4v) is 1.55. The van der Waals surface area contributed by atoms with Gasteiger partial charge in [-0.05, 0) is 12.0 Å². The van der Waals surface area contributed by atoms with Crippen LogP contribution in [0.4, 0.5) is 13.2 Å². The first-order valence-corrected chi connectivity index (χ1v) is 4.85. The Bertz CT molecular complexity index is 349. The van der Waals surface area contributed by atoms with E-state index in [4.69, 9.17) is 5.84 Å². The third-order valence-corrected chi connectivity index (χ3v) is 2.34. The first-order chi connectivity index (χ1) is 7.38. The Balaban J connectivity index is 3.22. The Morgan fingerprint density at radius 1 is 1.38 bits per heavy atom. The number of nitrogens with one attached hydrogen (secondary N) is 1. The van der Waals surface area contributed by atoms with Crippen molar-refractivity contribution in [1.29, 1.82) is 0 Å². The van der Waals surface area contributed by atoms with Crippen LogP contribution >= 0.6 is 0 Å². The number of aromatic nitrogens is 1. The molecule has 0 spiro atoms. The normalized spacial score (nSPS) is 14.2. The maximum atomic E-state index is 12.7. The summed E-state index contributed by atoms with van der Waals surface area (Å²) >= 11 is 0. The highest BCUT2D eigenvalue weighted by Gasteiger charge is 2.35. The molecule has 0 amide bonds. The third kappa shape index (κ3) is 2.70. The molecule has 0 aliphatic carbocycles. The van der Waals surface area contributed by atoms with E-state index in [1.54, 1.807) is 13.8 Å². The summed E-state index contributed by atoms with van der Waals surface area (Å²) in [6.45, 7) is 3.58. The summed E-state index contributed by atoms with van der Waals surface area (Å²) in [6, 6.07) is 0.396. The van der Waals surface area contributed by atoms with Crippen molar-refractivity contribution >= 4 is 0 Å². The molecule has 1 rings (SSSR count). The Hall–Kier alpha value is -1.14. The Morgan fingerprint density at radius 2 is 2.00 bits per heavy atom. The van der Waals surface area contributed by atoms with Gasteiger partial charge in [-0.25, -0.2) is 0 Å². The highest BCUT2D eigenvalue weighted by atomic mass is 19.4. The summed E-state index contributed by atoms with van der Waals surface area (Å²) < 4.78 is 38.1. The van der Waals surface area contributed by atoms with Crippen molar-refractivity contribution in [3.8, 4) is 0 Å². The van der Waals surface area contributed by atoms with E-state index in [9.17, 15) is 13.2 Å². The second-order valence-electron chi connectivity index (χ2n) is 3.85. The molecule has 0 aliphatic heterocycles. The Morgan fingerprint density at radius 3 is 2.44 bits per heavy atom. The van der Waals surface area contributed by atoms with E-state index in [1.807, 2.05) is 0 Å². The number of pyridine rings is 1. The van der Waals surface area contributed by atoms with Crippen molar-refractivity contribution < 1.29 is 13.2 Å². The van der Waals surface area contributed by atoms with Crippen LogP contribution in [0.15, 0.2) is 18.5 Å². The number of halogens is 3. The van der Waals surface area contributed by atoms with Crippen molar-refractivity contribution in [3.63, 3.8) is 0 Å². The van der Waals surface area contributed by atoms with Gasteiger partial charge in [0.05, 0.1) is 11.6 Å². The van der Waals surface area contributed by atoms with Crippen LogP contribution in [0.2, 0.25) is 0 Å². The molecule has 0 radical (unpaired) electrons. The van der Waals surface area contributed by atoms with Crippen molar-refractivity contribution in [2.24, 2.45) is 11.8 Å². The van der Waals surface area contributed by atoms with Gasteiger partial charge < -0.3 is 0 Å². The van der Waals surface area contributed by atoms with E-state index in [0.29, 0.717) is 0 Å². The molecule has 0 fully saturated rings. The van der Waals surface area contributed by atoms with Crippen LogP contribution in [-0.2, 0) is 6.18 Å². The lowest BCUT2D eigenvalue weighted by Gasteiger charge is -2.23. The summed E-state index contributed by atoms with van der Waals surface area (Å²) in [7, 11) is 0. The van der Waals surface area contributed by atoms with Gasteiger partial charge in [-0.1, -0.05) is 13.8 Å². The van der Waals surface area contributed by atoms with Gasteiger partial charge in [0.15, 0.2) is 0 Å². The van der Waals surface area contributed by atoms with E-state index in [-0.39, 0.29) is 11.5 Å². The van der Waals surface area contributed by atoms with Gasteiger partial charge in [-0.15, -0.1) is 0 Å². The van der Waals surface area contributed by atoms with Gasteiger partial charge in [-0.2, -0.15) is 13.2 Å². The Labute approximate surface area is 91.8 Å². The van der Waals surface area contributed by atoms with Crippen LogP contribution in [0.1, 0.15) is 31.0 Å². The van der Waals surface area contributed by atoms with Crippen molar-refractivity contribution in [2.75, 3.05) is 0 Å². The van der Waals surface area contributed by atoms with Gasteiger partial charge in [0, 0.05) is 18.0 Å². The molecule has 6 heteroatoms. The molecule has 3 nitrogen and oxygen atoms in total. The van der Waals surface area contributed by atoms with E-state index >= 15 is 0 Å². The van der Waals surface area contributed by atoms with E-state index < -0.39 is 17.8 Å². The summed E-state index contributed by atoms with van der Waals surface area (Å²) in [4.78, 5) is 3.71. The first-order valence-electron chi connectivity index (χ1n) is 4.85. The highest BCUT2D eigenvalue weighted by Crippen LogP contribution is 2.35. The van der Waals surface area contributed by atoms with Gasteiger partial charge in [0.2, 0.25) is 0 Å². The monoisotopic (exact) mass is 233 g/mol. The number of alkyl halides is 3. The lowest BCUT2D eigenvalue weighted by molar-refractivity contribution is -0.138. The van der Waals surface area contributed by atoms with E-state index in [0.717, 1.165) is 12.3 Å². The lowest BCUT2D eigenvalue weighted by atomic mass is 9.94. The maximum absolute atomic E-state index is 12.7. The van der Waals surface area contributed by atoms with Crippen LogP contribution in [0.3, 0.4) is 0 Å². The third-order valence-electron chi connectivity index (χ3n) is 2.34. The number of nitrogens with zero attached hydrogens (tertiary/aromatic N) is 1. The van der Waals surface area contributed by atoms with E-state index in [2.05, 4.69) is 10.4 Å². The standard InChI is InChI=1S/C10H14F3N3/c1-6(2)9(16-14)7-5-15-4-3-8(7)10(11,12)13/h3-6,9,16H,14H2,1-2H3. The van der Waals surface area contributed by atoms with Crippen LogP contribution in [0.25, 0.3) is 0 Å². The Kier molecular flexibility index (Phi) is 3.88. The SMILES string of the molecule is CC(C)C(NN)c1cnccc1C(F)(F)F. The van der Waals surface area contributed by atoms with Gasteiger partial charge in [-0.3, -0.25) is 16.3 Å². The summed E-state index contributed by atoms with van der Waals surface area (Å²) in [5, 5.41) is 0. The van der Waals surface area contributed by atoms with Crippen LogP contribution in [0, 0.1) is 5.92 Å². The van der Waals surface area contributed by atoms with Gasteiger partial charge in [0.1, 0.15) is 0 Å². The molecule has 90 valence electrons. The smallest absolute Gasteiger partial charge is 0.271 e. The minimum Gasteiger partial charge on any atom is -0.271 e. The number of hydrazine groups is 1. The summed E-state index contributed by atoms with van der Waals surface area (Å²) in [5.74, 6) is 5.21. The summed E-state index contributed by atoms with van der Waals surface area (Å²) in [5.41, 5.74) is 1.77. The lowest BCUT2D eigenvalue weighted by Crippen LogP contribution is -2.33. The fourth-order valence-electron chi connectivity index (χ4n) is 1.55. The molecule has 0 bridgehead atoms. The topological polar surface area (TPSA) is 50.9 Å². The molecule has 0 saturated heterocycles. The minimum absolute atomic E-state index is 0.0599. The summed E-state index contributed by atoms with van der Waals surface area (Å²) in [6.07, 6.45) is -2.06. The van der Waals surface area contributed by atoms with Crippen molar-refractivity contribution in [1.82, 2.24) is 10.4 Å². The molecule has 1 atom stereocenters. The molecule has 0 aromatic carbocycles. The van der Waals surface area contributed by atoms with Crippen LogP contribution in [-0.4, -0.2) is 4.98 Å². The average molecular weight is 233 g/mol. The zero-order valence-electron chi connectivity index (χ0n) is 9.05. The molecular formula is C10H14F3N3. The number of hydrogen-bond acceptors (Lipinski definition) is 3. The molecule has 0 saturated carbocycles. The molecule has 0 aliphatic rings. The predicted molar refractivity (Wildman–Crippen MR) is 54.1 cm³/mol. The molecule has 1 heterocycles. The average Bonchev–Trinajstić information content (AvgIpc) is 2.17. The molecule has 1 aromatic heterocycles. The zero-order valence-corrected chi connectivity index (χ0v) is 9.05. The minimum atomic E-state index is -4.39. The van der Waals surface area contributed by atoms with Gasteiger partial charge in [0.25, 0.3) is 0 Å². The van der Waals surface area contributed by atoms with Crippen LogP contribution < -0.4 is 11.3 Å². The number of rotatable bonds is 3. The van der Waals surface area contributed by atoms with Crippen molar-refractivity contribution in [3.05, 3.63) is 29.6 Å². The molecule has 1 unspecified atom stereocenters. The number of nitrogens with two attached hydrogens (primary N) is 1. The predicted octanol–water partition coefficient (Wildman–Crippen LogP) is 2.26. The maximum Gasteiger partial charge on any atom is 0.416 e. The second kappa shape index (κ2) is 4.80. The molecule has 16 heavy (non-hydrogen) atoms.